The van der Waals surface area contributed by atoms with Crippen molar-refractivity contribution < 1.29 is 35.9 Å². The van der Waals surface area contributed by atoms with Gasteiger partial charge in [-0.1, -0.05) is 6.07 Å². The van der Waals surface area contributed by atoms with Gasteiger partial charge in [0.2, 0.25) is 5.56 Å². The first-order valence-corrected chi connectivity index (χ1v) is 14.0. The van der Waals surface area contributed by atoms with Crippen molar-refractivity contribution in [3.8, 4) is 11.1 Å². The molecule has 2 aliphatic rings. The first-order valence-electron chi connectivity index (χ1n) is 14.0. The lowest BCUT2D eigenvalue weighted by Crippen LogP contribution is -2.55. The van der Waals surface area contributed by atoms with Crippen molar-refractivity contribution >= 4 is 23.0 Å². The van der Waals surface area contributed by atoms with Crippen molar-refractivity contribution in [1.82, 2.24) is 9.88 Å². The number of hydrogen-bond acceptors (Lipinski definition) is 6. The van der Waals surface area contributed by atoms with Crippen molar-refractivity contribution in [2.75, 3.05) is 61.6 Å². The summed E-state index contributed by atoms with van der Waals surface area (Å²) in [5, 5.41) is 2.21. The number of halogens is 6. The molecule has 44 heavy (non-hydrogen) atoms. The van der Waals surface area contributed by atoms with Gasteiger partial charge in [0.1, 0.15) is 17.3 Å². The van der Waals surface area contributed by atoms with Gasteiger partial charge in [-0.2, -0.15) is 13.2 Å². The second-order valence-electron chi connectivity index (χ2n) is 11.1. The molecule has 2 aromatic carbocycles. The Morgan fingerprint density at radius 3 is 2.23 bits per heavy atom. The average Bonchev–Trinajstić information content (AvgIpc) is 2.97. The van der Waals surface area contributed by atoms with Crippen LogP contribution in [-0.4, -0.2) is 74.3 Å². The lowest BCUT2D eigenvalue weighted by Gasteiger charge is -2.44. The van der Waals surface area contributed by atoms with E-state index < -0.39 is 57.5 Å². The first-order chi connectivity index (χ1) is 20.8. The number of anilines is 3. The summed E-state index contributed by atoms with van der Waals surface area (Å²) in [6.07, 6.45) is -4.49. The summed E-state index contributed by atoms with van der Waals surface area (Å²) < 4.78 is 94.0. The summed E-state index contributed by atoms with van der Waals surface area (Å²) >= 11 is 0. The monoisotopic (exact) mass is 623 g/mol. The van der Waals surface area contributed by atoms with Crippen LogP contribution in [-0.2, 0) is 10.9 Å². The predicted molar refractivity (Wildman–Crippen MR) is 154 cm³/mol. The molecule has 2 atom stereocenters. The molecule has 2 saturated heterocycles. The molecule has 2 fully saturated rings. The minimum Gasteiger partial charge on any atom is -0.378 e. The maximum atomic E-state index is 16.4. The van der Waals surface area contributed by atoms with Crippen LogP contribution < -0.4 is 20.7 Å². The molecule has 0 radical (unpaired) electrons. The van der Waals surface area contributed by atoms with Gasteiger partial charge in [0.25, 0.3) is 5.91 Å². The molecule has 3 heterocycles. The molecule has 0 saturated carbocycles. The van der Waals surface area contributed by atoms with E-state index in [1.54, 1.807) is 9.80 Å². The number of piperazine rings is 1. The van der Waals surface area contributed by atoms with Crippen molar-refractivity contribution in [3.05, 3.63) is 75.5 Å². The minimum absolute atomic E-state index is 0.0778. The number of morpholine rings is 1. The molecule has 1 amide bonds. The highest BCUT2D eigenvalue weighted by molar-refractivity contribution is 6.07. The molecule has 2 unspecified atom stereocenters. The highest BCUT2D eigenvalue weighted by Crippen LogP contribution is 2.41. The van der Waals surface area contributed by atoms with Gasteiger partial charge in [-0.15, -0.1) is 0 Å². The lowest BCUT2D eigenvalue weighted by molar-refractivity contribution is -0.138. The molecular weight excluding hydrogens is 592 g/mol. The number of hydrogen-bond donors (Lipinski definition) is 2. The summed E-state index contributed by atoms with van der Waals surface area (Å²) in [6.45, 7) is 6.02. The third kappa shape index (κ3) is 6.13. The number of carbonyl (C=O) groups excluding carboxylic acids is 1. The van der Waals surface area contributed by atoms with E-state index in [1.807, 2.05) is 25.9 Å². The molecule has 1 aromatic heterocycles. The first kappa shape index (κ1) is 31.4. The molecule has 2 aliphatic heterocycles. The molecule has 236 valence electrons. The molecule has 0 aliphatic carbocycles. The van der Waals surface area contributed by atoms with E-state index in [4.69, 9.17) is 4.74 Å². The van der Waals surface area contributed by atoms with E-state index in [0.717, 1.165) is 12.1 Å². The number of nitrogens with one attached hydrogen (secondary N) is 2. The second kappa shape index (κ2) is 12.2. The van der Waals surface area contributed by atoms with Crippen molar-refractivity contribution in [3.63, 3.8) is 0 Å². The van der Waals surface area contributed by atoms with Crippen LogP contribution in [0.2, 0.25) is 0 Å². The number of pyridine rings is 1. The summed E-state index contributed by atoms with van der Waals surface area (Å²) in [5.41, 5.74) is -4.85. The zero-order valence-electron chi connectivity index (χ0n) is 24.2. The summed E-state index contributed by atoms with van der Waals surface area (Å²) in [7, 11) is 1.89. The molecule has 2 N–H and O–H groups in total. The largest absolute Gasteiger partial charge is 0.417 e. The Bertz CT molecular complexity index is 1610. The maximum Gasteiger partial charge on any atom is 0.417 e. The molecule has 14 heteroatoms. The summed E-state index contributed by atoms with van der Waals surface area (Å²) in [5.74, 6) is -4.45. The van der Waals surface area contributed by atoms with Crippen LogP contribution in [0.5, 0.6) is 0 Å². The van der Waals surface area contributed by atoms with Gasteiger partial charge in [0, 0.05) is 56.6 Å². The number of carbonyl (C=O) groups is 1. The van der Waals surface area contributed by atoms with E-state index in [-0.39, 0.29) is 48.2 Å². The van der Waals surface area contributed by atoms with Gasteiger partial charge in [-0.3, -0.25) is 14.5 Å². The third-order valence-electron chi connectivity index (χ3n) is 8.20. The zero-order chi connectivity index (χ0) is 31.9. The van der Waals surface area contributed by atoms with Crippen molar-refractivity contribution in [1.29, 1.82) is 0 Å². The molecular formula is C30H31F6N5O3. The molecule has 8 nitrogen and oxygen atoms in total. The number of aromatic nitrogens is 1. The van der Waals surface area contributed by atoms with Crippen LogP contribution in [0.3, 0.4) is 0 Å². The number of ether oxygens (including phenoxy) is 1. The Labute approximate surface area is 249 Å². The van der Waals surface area contributed by atoms with Crippen LogP contribution in [0.4, 0.5) is 43.4 Å². The van der Waals surface area contributed by atoms with Crippen LogP contribution in [0.1, 0.15) is 29.8 Å². The minimum atomic E-state index is -5.07. The van der Waals surface area contributed by atoms with Crippen LogP contribution in [0.25, 0.3) is 11.1 Å². The number of rotatable bonds is 5. The van der Waals surface area contributed by atoms with Crippen molar-refractivity contribution in [2.24, 2.45) is 0 Å². The van der Waals surface area contributed by atoms with E-state index in [1.165, 1.54) is 12.1 Å². The second-order valence-corrected chi connectivity index (χ2v) is 11.1. The van der Waals surface area contributed by atoms with E-state index in [9.17, 15) is 22.8 Å². The van der Waals surface area contributed by atoms with E-state index in [2.05, 4.69) is 10.2 Å². The third-order valence-corrected chi connectivity index (χ3v) is 8.20. The zero-order valence-corrected chi connectivity index (χ0v) is 24.2. The van der Waals surface area contributed by atoms with Gasteiger partial charge in [-0.05, 0) is 38.6 Å². The number of nitrogens with zero attached hydrogens (tertiary/aromatic N) is 3. The topological polar surface area (TPSA) is 80.9 Å². The number of H-pyrrole nitrogens is 1. The van der Waals surface area contributed by atoms with Crippen LogP contribution in [0, 0.1) is 17.5 Å². The number of likely N-dealkylation sites (N-methyl/N-ethyl adjacent to an activating group) is 1. The Kier molecular flexibility index (Phi) is 8.67. The van der Waals surface area contributed by atoms with Gasteiger partial charge < -0.3 is 24.8 Å². The highest BCUT2D eigenvalue weighted by atomic mass is 19.4. The fourth-order valence-corrected chi connectivity index (χ4v) is 5.64. The standard InChI is InChI=1S/C30H31F6N5O3/c1-16-14-41(15-17(2)39(16)3)24-12-22(32)26(18-4-5-23(21(31)10-18)40-6-8-44-9-7-40)27(33)28(24)38-29(43)19-13-37-25(42)11-20(19)30(34,35)36/h4-5,10-13,16-17H,6-9,14-15H2,1-3H3,(H,37,42)(H,38,43). The van der Waals surface area contributed by atoms with Gasteiger partial charge in [-0.25, -0.2) is 13.2 Å². The Morgan fingerprint density at radius 2 is 1.61 bits per heavy atom. The summed E-state index contributed by atoms with van der Waals surface area (Å²) in [4.78, 5) is 32.4. The highest BCUT2D eigenvalue weighted by Gasteiger charge is 2.37. The van der Waals surface area contributed by atoms with Crippen LogP contribution >= 0.6 is 0 Å². The lowest BCUT2D eigenvalue weighted by atomic mass is 9.99. The number of aromatic amines is 1. The Morgan fingerprint density at radius 1 is 0.955 bits per heavy atom. The predicted octanol–water partition coefficient (Wildman–Crippen LogP) is 5.10. The smallest absolute Gasteiger partial charge is 0.378 e. The van der Waals surface area contributed by atoms with Gasteiger partial charge >= 0.3 is 6.18 Å². The van der Waals surface area contributed by atoms with Gasteiger partial charge in [0.05, 0.1) is 41.3 Å². The SMILES string of the molecule is CC1CN(c2cc(F)c(-c3ccc(N4CCOCC4)c(F)c3)c(F)c2NC(=O)c2c[nH]c(=O)cc2C(F)(F)F)CC(C)N1C. The molecule has 0 bridgehead atoms. The van der Waals surface area contributed by atoms with Gasteiger partial charge in [0.15, 0.2) is 5.82 Å². The number of amides is 1. The quantitative estimate of drug-likeness (QED) is 0.386. The molecule has 3 aromatic rings. The van der Waals surface area contributed by atoms with E-state index in [0.29, 0.717) is 32.5 Å². The van der Waals surface area contributed by atoms with E-state index >= 15 is 13.2 Å². The fraction of sp³-hybridized carbons (Fsp3) is 0.400. The summed E-state index contributed by atoms with van der Waals surface area (Å²) in [6, 6.07) is 4.76. The Balaban J connectivity index is 1.62. The number of benzene rings is 2. The number of alkyl halides is 3. The Hall–Kier alpha value is -4.04. The average molecular weight is 624 g/mol. The normalized spacial score (nSPS) is 19.8. The fourth-order valence-electron chi connectivity index (χ4n) is 5.64. The van der Waals surface area contributed by atoms with Crippen LogP contribution in [0.15, 0.2) is 41.3 Å². The van der Waals surface area contributed by atoms with Crippen molar-refractivity contribution in [2.45, 2.75) is 32.1 Å². The molecule has 5 rings (SSSR count). The molecule has 0 spiro atoms. The maximum absolute atomic E-state index is 16.4.